The maximum atomic E-state index is 5.88. The highest BCUT2D eigenvalue weighted by molar-refractivity contribution is 6.33. The monoisotopic (exact) mass is 784 g/mol. The van der Waals surface area contributed by atoms with Gasteiger partial charge in [-0.1, -0.05) is 133 Å². The number of rotatable bonds is 3. The van der Waals surface area contributed by atoms with Gasteiger partial charge in [-0.3, -0.25) is 4.40 Å². The van der Waals surface area contributed by atoms with Crippen LogP contribution in [0.2, 0.25) is 0 Å². The fourth-order valence-corrected chi connectivity index (χ4v) is 10.6. The predicted octanol–water partition coefficient (Wildman–Crippen LogP) is 15.8. The summed E-state index contributed by atoms with van der Waals surface area (Å²) in [6.07, 6.45) is 0. The normalized spacial score (nSPS) is 13.1. The van der Waals surface area contributed by atoms with E-state index in [9.17, 15) is 0 Å². The molecule has 61 heavy (non-hydrogen) atoms. The molecule has 0 aliphatic carbocycles. The first-order valence-electron chi connectivity index (χ1n) is 21.6. The molecule has 13 rings (SSSR count). The van der Waals surface area contributed by atoms with Crippen LogP contribution in [0, 0.1) is 0 Å². The largest absolute Gasteiger partial charge is 0.308 e. The molecule has 13 aromatic rings. The molecule has 292 valence electrons. The van der Waals surface area contributed by atoms with Crippen molar-refractivity contribution in [3.05, 3.63) is 169 Å². The quantitative estimate of drug-likeness (QED) is 0.178. The van der Waals surface area contributed by atoms with Crippen LogP contribution in [-0.4, -0.2) is 13.8 Å². The smallest absolute Gasteiger partial charge is 0.146 e. The van der Waals surface area contributed by atoms with Gasteiger partial charge in [0.2, 0.25) is 0 Å². The van der Waals surface area contributed by atoms with E-state index in [2.05, 4.69) is 213 Å². The molecular weight excluding hydrogens is 741 g/mol. The van der Waals surface area contributed by atoms with Crippen LogP contribution in [0.15, 0.2) is 158 Å². The summed E-state index contributed by atoms with van der Waals surface area (Å²) in [6.45, 7) is 13.9. The van der Waals surface area contributed by atoms with Crippen LogP contribution in [0.1, 0.15) is 52.7 Å². The zero-order valence-corrected chi connectivity index (χ0v) is 35.3. The molecular formula is C57H44N4. The van der Waals surface area contributed by atoms with Crippen molar-refractivity contribution in [2.45, 2.75) is 52.4 Å². The second-order valence-corrected chi connectivity index (χ2v) is 19.3. The van der Waals surface area contributed by atoms with E-state index in [1.54, 1.807) is 0 Å². The number of benzene rings is 8. The third-order valence-corrected chi connectivity index (χ3v) is 13.6. The molecule has 0 atom stereocenters. The molecule has 0 saturated heterocycles. The van der Waals surface area contributed by atoms with Gasteiger partial charge in [-0.2, -0.15) is 0 Å². The fourth-order valence-electron chi connectivity index (χ4n) is 10.6. The Kier molecular flexibility index (Phi) is 6.69. The average Bonchev–Trinajstić information content (AvgIpc) is 3.98. The molecule has 0 aliphatic rings. The Bertz CT molecular complexity index is 3890. The summed E-state index contributed by atoms with van der Waals surface area (Å²) in [6, 6.07) is 58.8. The SMILES string of the molecule is CC(C)(C)c1ccc2c(c1)c1c3ccccc3cc3c4cc5c(nc4n2c31)c1cc(C(C)(C)C)cc2c3cc4ccccc4c(N(c4ccccc4)c4ccccc4)c3n5c21. The van der Waals surface area contributed by atoms with Crippen LogP contribution in [0.25, 0.3) is 98.0 Å². The zero-order chi connectivity index (χ0) is 41.1. The van der Waals surface area contributed by atoms with Crippen molar-refractivity contribution in [3.63, 3.8) is 0 Å². The summed E-state index contributed by atoms with van der Waals surface area (Å²) in [5.74, 6) is 0. The van der Waals surface area contributed by atoms with Gasteiger partial charge >= 0.3 is 0 Å². The standard InChI is InChI=1S/C57H44N4/c1-56(2,3)35-25-26-47-45(29-35)49-39-23-15-13-17-33(39)27-42-44-32-48-50(58-55(44)61(47)52(42)49)46-31-36(57(4,5)6)30-43-41-28-34-18-14-16-24-40(34)53(54(41)60(48)51(43)46)59(37-19-9-7-10-20-37)38-21-11-8-12-22-38/h7-32H,1-6H3. The summed E-state index contributed by atoms with van der Waals surface area (Å²) in [5, 5.41) is 13.7. The topological polar surface area (TPSA) is 24.9 Å². The number of aromatic nitrogens is 3. The highest BCUT2D eigenvalue weighted by Crippen LogP contribution is 2.51. The van der Waals surface area contributed by atoms with Crippen molar-refractivity contribution in [2.24, 2.45) is 0 Å². The molecule has 4 heteroatoms. The van der Waals surface area contributed by atoms with E-state index in [1.165, 1.54) is 98.1 Å². The van der Waals surface area contributed by atoms with Crippen LogP contribution in [0.3, 0.4) is 0 Å². The number of para-hydroxylation sites is 2. The third kappa shape index (κ3) is 4.62. The summed E-state index contributed by atoms with van der Waals surface area (Å²) in [5.41, 5.74) is 14.0. The molecule has 0 unspecified atom stereocenters. The molecule has 0 fully saturated rings. The highest BCUT2D eigenvalue weighted by Gasteiger charge is 2.30. The van der Waals surface area contributed by atoms with Gasteiger partial charge in [0.25, 0.3) is 0 Å². The Morgan fingerprint density at radius 3 is 1.64 bits per heavy atom. The molecule has 5 aromatic heterocycles. The third-order valence-electron chi connectivity index (χ3n) is 13.6. The van der Waals surface area contributed by atoms with E-state index in [-0.39, 0.29) is 10.8 Å². The van der Waals surface area contributed by atoms with E-state index in [1.807, 2.05) is 0 Å². The summed E-state index contributed by atoms with van der Waals surface area (Å²) < 4.78 is 5.03. The maximum Gasteiger partial charge on any atom is 0.146 e. The van der Waals surface area contributed by atoms with Crippen molar-refractivity contribution < 1.29 is 0 Å². The van der Waals surface area contributed by atoms with Gasteiger partial charge in [0, 0.05) is 54.5 Å². The first kappa shape index (κ1) is 34.7. The van der Waals surface area contributed by atoms with Gasteiger partial charge in [-0.05, 0) is 105 Å². The van der Waals surface area contributed by atoms with E-state index < -0.39 is 0 Å². The van der Waals surface area contributed by atoms with Crippen LogP contribution in [0.4, 0.5) is 17.1 Å². The molecule has 4 nitrogen and oxygen atoms in total. The Labute approximate surface area is 353 Å². The van der Waals surface area contributed by atoms with Crippen molar-refractivity contribution in [1.82, 2.24) is 13.8 Å². The Balaban J connectivity index is 1.27. The van der Waals surface area contributed by atoms with Crippen LogP contribution < -0.4 is 4.90 Å². The van der Waals surface area contributed by atoms with Crippen LogP contribution >= 0.6 is 0 Å². The lowest BCUT2D eigenvalue weighted by Gasteiger charge is -2.28. The summed E-state index contributed by atoms with van der Waals surface area (Å²) in [7, 11) is 0. The Morgan fingerprint density at radius 2 is 0.967 bits per heavy atom. The molecule has 0 spiro atoms. The number of hydrogen-bond acceptors (Lipinski definition) is 2. The first-order valence-corrected chi connectivity index (χ1v) is 21.6. The van der Waals surface area contributed by atoms with Crippen LogP contribution in [-0.2, 0) is 10.8 Å². The molecule has 8 aromatic carbocycles. The lowest BCUT2D eigenvalue weighted by Crippen LogP contribution is -2.11. The van der Waals surface area contributed by atoms with Gasteiger partial charge in [-0.25, -0.2) is 4.98 Å². The van der Waals surface area contributed by atoms with Crippen molar-refractivity contribution >= 4 is 115 Å². The van der Waals surface area contributed by atoms with Gasteiger partial charge in [-0.15, -0.1) is 0 Å². The summed E-state index contributed by atoms with van der Waals surface area (Å²) in [4.78, 5) is 8.35. The number of hydrogen-bond donors (Lipinski definition) is 0. The van der Waals surface area contributed by atoms with Gasteiger partial charge in [0.05, 0.1) is 38.8 Å². The lowest BCUT2D eigenvalue weighted by atomic mass is 9.85. The van der Waals surface area contributed by atoms with Crippen molar-refractivity contribution in [3.8, 4) is 0 Å². The van der Waals surface area contributed by atoms with Gasteiger partial charge < -0.3 is 9.30 Å². The minimum absolute atomic E-state index is 0.0254. The number of nitrogens with zero attached hydrogens (tertiary/aromatic N) is 4. The average molecular weight is 785 g/mol. The molecule has 5 heterocycles. The summed E-state index contributed by atoms with van der Waals surface area (Å²) >= 11 is 0. The molecule has 0 aliphatic heterocycles. The first-order chi connectivity index (χ1) is 29.5. The Hall–Kier alpha value is -7.17. The van der Waals surface area contributed by atoms with E-state index >= 15 is 0 Å². The molecule has 0 saturated carbocycles. The minimum Gasteiger partial charge on any atom is -0.308 e. The van der Waals surface area contributed by atoms with Crippen molar-refractivity contribution in [2.75, 3.05) is 4.90 Å². The Morgan fingerprint density at radius 1 is 0.410 bits per heavy atom. The van der Waals surface area contributed by atoms with E-state index in [0.717, 1.165) is 28.1 Å². The fraction of sp³-hybridized carbons (Fsp3) is 0.140. The zero-order valence-electron chi connectivity index (χ0n) is 35.3. The second kappa shape index (κ2) is 11.8. The number of fused-ring (bicyclic) bond motifs is 15. The van der Waals surface area contributed by atoms with Gasteiger partial charge in [0.1, 0.15) is 5.65 Å². The maximum absolute atomic E-state index is 5.88. The molecule has 0 radical (unpaired) electrons. The van der Waals surface area contributed by atoms with E-state index in [4.69, 9.17) is 4.98 Å². The molecule has 0 N–H and O–H groups in total. The van der Waals surface area contributed by atoms with E-state index in [0.29, 0.717) is 0 Å². The number of anilines is 3. The lowest BCUT2D eigenvalue weighted by molar-refractivity contribution is 0.591. The highest BCUT2D eigenvalue weighted by atomic mass is 15.2. The number of pyridine rings is 1. The molecule has 0 bridgehead atoms. The van der Waals surface area contributed by atoms with Crippen molar-refractivity contribution in [1.29, 1.82) is 0 Å². The molecule has 0 amide bonds. The predicted molar refractivity (Wildman–Crippen MR) is 261 cm³/mol. The van der Waals surface area contributed by atoms with Crippen LogP contribution in [0.5, 0.6) is 0 Å². The minimum atomic E-state index is -0.0811. The second-order valence-electron chi connectivity index (χ2n) is 19.3. The van der Waals surface area contributed by atoms with Gasteiger partial charge in [0.15, 0.2) is 0 Å².